The van der Waals surface area contributed by atoms with Crippen LogP contribution >= 0.6 is 11.8 Å². The molecule has 1 amide bonds. The number of nitrogens with zero attached hydrogens (tertiary/aromatic N) is 3. The number of hydrogen-bond acceptors (Lipinski definition) is 7. The number of carbonyl (C=O) groups excluding carboxylic acids is 1. The number of carbonyl (C=O) groups is 1. The van der Waals surface area contributed by atoms with Crippen LogP contribution in [0.4, 0.5) is 5.69 Å². The molecule has 9 heteroatoms. The van der Waals surface area contributed by atoms with E-state index in [9.17, 15) is 9.59 Å². The molecular formula is C22H25N5O3S. The Morgan fingerprint density at radius 1 is 1.19 bits per heavy atom. The molecule has 0 bridgehead atoms. The predicted octanol–water partition coefficient (Wildman–Crippen LogP) is 2.81. The number of ether oxygens (including phenoxy) is 1. The summed E-state index contributed by atoms with van der Waals surface area (Å²) in [6.07, 6.45) is 0.336. The first-order valence-corrected chi connectivity index (χ1v) is 10.7. The number of aromatic nitrogens is 3. The summed E-state index contributed by atoms with van der Waals surface area (Å²) in [5, 5.41) is 11.0. The maximum absolute atomic E-state index is 12.6. The van der Waals surface area contributed by atoms with Gasteiger partial charge in [0.05, 0.1) is 12.9 Å². The van der Waals surface area contributed by atoms with Gasteiger partial charge in [-0.3, -0.25) is 9.59 Å². The van der Waals surface area contributed by atoms with E-state index in [-0.39, 0.29) is 22.5 Å². The maximum Gasteiger partial charge on any atom is 0.294 e. The van der Waals surface area contributed by atoms with E-state index in [0.29, 0.717) is 23.8 Å². The number of anilines is 1. The minimum atomic E-state index is -0.432. The van der Waals surface area contributed by atoms with Crippen molar-refractivity contribution in [3.05, 3.63) is 75.7 Å². The molecule has 0 radical (unpaired) electrons. The summed E-state index contributed by atoms with van der Waals surface area (Å²) < 4.78 is 6.07. The lowest BCUT2D eigenvalue weighted by atomic mass is 10.0. The second-order valence-corrected chi connectivity index (χ2v) is 8.19. The molecule has 0 saturated carbocycles. The first-order chi connectivity index (χ1) is 14.9. The molecule has 0 spiro atoms. The molecule has 0 atom stereocenters. The number of methoxy groups -OCH3 is 1. The van der Waals surface area contributed by atoms with Crippen molar-refractivity contribution in [2.24, 2.45) is 0 Å². The Morgan fingerprint density at radius 3 is 2.61 bits per heavy atom. The Kier molecular flexibility index (Phi) is 7.30. The third kappa shape index (κ3) is 5.85. The standard InChI is InChI=1S/C22H25N5O3S/c1-14(2)16-9-7-15(8-10-16)11-19-21(29)27(23)22(26-25-19)31-13-20(28)24-17-5-4-6-18(12-17)30-3/h4-10,12,14H,11,13,23H2,1-3H3,(H,24,28). The second-order valence-electron chi connectivity index (χ2n) is 7.25. The van der Waals surface area contributed by atoms with Gasteiger partial charge in [-0.2, -0.15) is 4.68 Å². The van der Waals surface area contributed by atoms with Gasteiger partial charge in [0.15, 0.2) is 0 Å². The molecule has 0 aliphatic rings. The first-order valence-electron chi connectivity index (χ1n) is 9.76. The van der Waals surface area contributed by atoms with Crippen LogP contribution in [0, 0.1) is 0 Å². The van der Waals surface area contributed by atoms with Gasteiger partial charge in [-0.15, -0.1) is 10.2 Å². The summed E-state index contributed by atoms with van der Waals surface area (Å²) in [6.45, 7) is 4.25. The van der Waals surface area contributed by atoms with Crippen molar-refractivity contribution in [1.82, 2.24) is 14.9 Å². The molecule has 1 aromatic heterocycles. The van der Waals surface area contributed by atoms with E-state index in [4.69, 9.17) is 10.6 Å². The molecule has 0 unspecified atom stereocenters. The molecule has 3 rings (SSSR count). The molecule has 1 heterocycles. The van der Waals surface area contributed by atoms with Gasteiger partial charge in [0.2, 0.25) is 11.1 Å². The number of rotatable bonds is 8. The van der Waals surface area contributed by atoms with Gasteiger partial charge in [0.1, 0.15) is 11.4 Å². The number of nitrogen functional groups attached to an aromatic ring is 1. The highest BCUT2D eigenvalue weighted by Gasteiger charge is 2.13. The van der Waals surface area contributed by atoms with Crippen molar-refractivity contribution >= 4 is 23.4 Å². The highest BCUT2D eigenvalue weighted by molar-refractivity contribution is 7.99. The van der Waals surface area contributed by atoms with Crippen LogP contribution in [0.3, 0.4) is 0 Å². The number of nitrogens with two attached hydrogens (primary N) is 1. The molecular weight excluding hydrogens is 414 g/mol. The van der Waals surface area contributed by atoms with Crippen LogP contribution in [0.25, 0.3) is 0 Å². The Morgan fingerprint density at radius 2 is 1.94 bits per heavy atom. The molecule has 162 valence electrons. The minimum Gasteiger partial charge on any atom is -0.497 e. The van der Waals surface area contributed by atoms with E-state index < -0.39 is 5.56 Å². The topological polar surface area (TPSA) is 112 Å². The zero-order valence-electron chi connectivity index (χ0n) is 17.7. The van der Waals surface area contributed by atoms with Gasteiger partial charge < -0.3 is 15.9 Å². The highest BCUT2D eigenvalue weighted by Crippen LogP contribution is 2.18. The third-order valence-corrected chi connectivity index (χ3v) is 5.57. The van der Waals surface area contributed by atoms with E-state index >= 15 is 0 Å². The number of thioether (sulfide) groups is 1. The number of amides is 1. The summed E-state index contributed by atoms with van der Waals surface area (Å²) in [7, 11) is 1.56. The van der Waals surface area contributed by atoms with Gasteiger partial charge in [0, 0.05) is 18.2 Å². The van der Waals surface area contributed by atoms with Crippen molar-refractivity contribution in [3.63, 3.8) is 0 Å². The molecule has 0 aliphatic heterocycles. The largest absolute Gasteiger partial charge is 0.497 e. The van der Waals surface area contributed by atoms with E-state index in [1.54, 1.807) is 31.4 Å². The Labute approximate surface area is 184 Å². The van der Waals surface area contributed by atoms with Crippen LogP contribution in [0.1, 0.15) is 36.6 Å². The van der Waals surface area contributed by atoms with Crippen LogP contribution < -0.4 is 21.5 Å². The van der Waals surface area contributed by atoms with Crippen molar-refractivity contribution in [3.8, 4) is 5.75 Å². The summed E-state index contributed by atoms with van der Waals surface area (Å²) in [5.74, 6) is 6.75. The van der Waals surface area contributed by atoms with Crippen molar-refractivity contribution in [1.29, 1.82) is 0 Å². The predicted molar refractivity (Wildman–Crippen MR) is 122 cm³/mol. The molecule has 8 nitrogen and oxygen atoms in total. The molecule has 0 saturated heterocycles. The number of hydrogen-bond donors (Lipinski definition) is 2. The number of benzene rings is 2. The number of nitrogens with one attached hydrogen (secondary N) is 1. The zero-order valence-corrected chi connectivity index (χ0v) is 18.5. The van der Waals surface area contributed by atoms with Crippen molar-refractivity contribution < 1.29 is 9.53 Å². The van der Waals surface area contributed by atoms with Gasteiger partial charge in [-0.1, -0.05) is 55.9 Å². The van der Waals surface area contributed by atoms with Crippen molar-refractivity contribution in [2.75, 3.05) is 24.0 Å². The smallest absolute Gasteiger partial charge is 0.294 e. The molecule has 0 fully saturated rings. The van der Waals surface area contributed by atoms with Crippen LogP contribution in [0.15, 0.2) is 58.5 Å². The molecule has 0 aliphatic carbocycles. The fraction of sp³-hybridized carbons (Fsp3) is 0.273. The Bertz CT molecular complexity index is 1110. The van der Waals surface area contributed by atoms with E-state index in [1.165, 1.54) is 5.56 Å². The van der Waals surface area contributed by atoms with Crippen LogP contribution in [-0.4, -0.2) is 33.6 Å². The summed E-state index contributed by atoms with van der Waals surface area (Å²) >= 11 is 1.04. The lowest BCUT2D eigenvalue weighted by molar-refractivity contribution is -0.113. The summed E-state index contributed by atoms with van der Waals surface area (Å²) in [5.41, 5.74) is 2.61. The molecule has 3 aromatic rings. The minimum absolute atomic E-state index is 0.0263. The molecule has 3 N–H and O–H groups in total. The molecule has 2 aromatic carbocycles. The second kappa shape index (κ2) is 10.1. The van der Waals surface area contributed by atoms with Crippen LogP contribution in [0.5, 0.6) is 5.75 Å². The lowest BCUT2D eigenvalue weighted by Gasteiger charge is -2.09. The van der Waals surface area contributed by atoms with Gasteiger partial charge >= 0.3 is 0 Å². The zero-order chi connectivity index (χ0) is 22.4. The van der Waals surface area contributed by atoms with Crippen LogP contribution in [-0.2, 0) is 11.2 Å². The van der Waals surface area contributed by atoms with Gasteiger partial charge in [0.25, 0.3) is 5.56 Å². The first kappa shape index (κ1) is 22.4. The highest BCUT2D eigenvalue weighted by atomic mass is 32.2. The van der Waals surface area contributed by atoms with E-state index in [0.717, 1.165) is 22.0 Å². The maximum atomic E-state index is 12.6. The fourth-order valence-electron chi connectivity index (χ4n) is 2.87. The van der Waals surface area contributed by atoms with E-state index in [2.05, 4.69) is 29.4 Å². The Hall–Kier alpha value is -3.33. The average Bonchev–Trinajstić information content (AvgIpc) is 2.77. The van der Waals surface area contributed by atoms with Crippen molar-refractivity contribution in [2.45, 2.75) is 31.3 Å². The Balaban J connectivity index is 1.63. The average molecular weight is 440 g/mol. The van der Waals surface area contributed by atoms with Gasteiger partial charge in [-0.25, -0.2) is 0 Å². The van der Waals surface area contributed by atoms with E-state index in [1.807, 2.05) is 24.3 Å². The summed E-state index contributed by atoms with van der Waals surface area (Å²) in [6, 6.07) is 15.1. The summed E-state index contributed by atoms with van der Waals surface area (Å²) in [4.78, 5) is 24.8. The monoisotopic (exact) mass is 439 g/mol. The third-order valence-electron chi connectivity index (χ3n) is 4.63. The van der Waals surface area contributed by atoms with Crippen LogP contribution in [0.2, 0.25) is 0 Å². The quantitative estimate of drug-likeness (QED) is 0.410. The van der Waals surface area contributed by atoms with Gasteiger partial charge in [-0.05, 0) is 29.2 Å². The normalized spacial score (nSPS) is 10.8. The SMILES string of the molecule is COc1cccc(NC(=O)CSc2nnc(Cc3ccc(C(C)C)cc3)c(=O)n2N)c1. The molecule has 31 heavy (non-hydrogen) atoms. The fourth-order valence-corrected chi connectivity index (χ4v) is 3.52. The lowest BCUT2D eigenvalue weighted by Crippen LogP contribution is -2.34.